The van der Waals surface area contributed by atoms with Gasteiger partial charge in [0.2, 0.25) is 0 Å². The van der Waals surface area contributed by atoms with Crippen molar-refractivity contribution < 1.29 is 13.9 Å². The molecule has 5 rings (SSSR count). The van der Waals surface area contributed by atoms with Crippen LogP contribution in [0.3, 0.4) is 0 Å². The van der Waals surface area contributed by atoms with Crippen molar-refractivity contribution in [3.8, 4) is 5.75 Å². The second-order valence-corrected chi connectivity index (χ2v) is 9.21. The van der Waals surface area contributed by atoms with E-state index in [4.69, 9.17) is 16.3 Å². The lowest BCUT2D eigenvalue weighted by Crippen LogP contribution is -2.46. The number of rotatable bonds is 5. The number of benzene rings is 3. The third kappa shape index (κ3) is 3.49. The number of halogens is 3. The Morgan fingerprint density at radius 1 is 1.06 bits per heavy atom. The lowest BCUT2D eigenvalue weighted by atomic mass is 9.79. The number of methoxy groups -OCH3 is 1. The molecule has 0 saturated heterocycles. The number of carbonyl (C=O) groups excluding carboxylic acids is 1. The fourth-order valence-electron chi connectivity index (χ4n) is 4.64. The summed E-state index contributed by atoms with van der Waals surface area (Å²) in [5.74, 6) is 0.0665. The normalized spacial score (nSPS) is 17.1. The molecule has 0 bridgehead atoms. The first-order valence-corrected chi connectivity index (χ1v) is 11.7. The maximum Gasteiger partial charge on any atom is 0.255 e. The quantitative estimate of drug-likeness (QED) is 0.288. The number of fused-ring (bicyclic) bond motifs is 1. The topological polar surface area (TPSA) is 42.4 Å². The third-order valence-electron chi connectivity index (χ3n) is 6.11. The van der Waals surface area contributed by atoms with Crippen LogP contribution in [-0.2, 0) is 12.1 Å². The van der Waals surface area contributed by atoms with Gasteiger partial charge in [0.15, 0.2) is 0 Å². The standard InChI is InChI=1S/C27H19BrClFN2O2/c1-34-19-11-8-17(9-12-19)16-32-26(33)20-5-4-6-22(28)25(20)27(32,24-7-2-3-14-31-24)21-15-18(30)10-13-23(21)29/h2-15H,16H2,1H3. The first-order valence-electron chi connectivity index (χ1n) is 10.6. The van der Waals surface area contributed by atoms with Crippen molar-refractivity contribution in [1.29, 1.82) is 0 Å². The Balaban J connectivity index is 1.84. The van der Waals surface area contributed by atoms with Crippen molar-refractivity contribution in [3.05, 3.63) is 128 Å². The molecule has 0 radical (unpaired) electrons. The summed E-state index contributed by atoms with van der Waals surface area (Å²) in [7, 11) is 1.60. The van der Waals surface area contributed by atoms with Crippen molar-refractivity contribution in [2.75, 3.05) is 7.11 Å². The van der Waals surface area contributed by atoms with E-state index in [1.807, 2.05) is 48.5 Å². The van der Waals surface area contributed by atoms with E-state index in [0.29, 0.717) is 37.6 Å². The number of ether oxygens (including phenoxy) is 1. The molecule has 1 atom stereocenters. The van der Waals surface area contributed by atoms with E-state index in [2.05, 4.69) is 20.9 Å². The van der Waals surface area contributed by atoms with Gasteiger partial charge in [-0.25, -0.2) is 4.39 Å². The molecular weight excluding hydrogens is 519 g/mol. The van der Waals surface area contributed by atoms with Crippen LogP contribution in [0.15, 0.2) is 89.5 Å². The second-order valence-electron chi connectivity index (χ2n) is 7.95. The van der Waals surface area contributed by atoms with E-state index < -0.39 is 11.4 Å². The van der Waals surface area contributed by atoms with Crippen molar-refractivity contribution in [2.24, 2.45) is 0 Å². The van der Waals surface area contributed by atoms with Crippen molar-refractivity contribution in [3.63, 3.8) is 0 Å². The van der Waals surface area contributed by atoms with Crippen LogP contribution in [0.5, 0.6) is 5.75 Å². The predicted molar refractivity (Wildman–Crippen MR) is 133 cm³/mol. The summed E-state index contributed by atoms with van der Waals surface area (Å²) in [6.45, 7) is 0.243. The smallest absolute Gasteiger partial charge is 0.255 e. The zero-order valence-electron chi connectivity index (χ0n) is 18.1. The van der Waals surface area contributed by atoms with Gasteiger partial charge in [0.25, 0.3) is 5.91 Å². The molecule has 1 amide bonds. The molecule has 0 saturated carbocycles. The van der Waals surface area contributed by atoms with E-state index in [9.17, 15) is 9.18 Å². The molecule has 1 aliphatic rings. The molecule has 0 fully saturated rings. The van der Waals surface area contributed by atoms with Crippen LogP contribution in [0, 0.1) is 5.82 Å². The summed E-state index contributed by atoms with van der Waals surface area (Å²) < 4.78 is 20.7. The molecule has 0 N–H and O–H groups in total. The molecule has 7 heteroatoms. The molecule has 3 aromatic carbocycles. The van der Waals surface area contributed by atoms with Crippen LogP contribution in [0.4, 0.5) is 4.39 Å². The first-order chi connectivity index (χ1) is 16.5. The van der Waals surface area contributed by atoms with Gasteiger partial charge in [-0.1, -0.05) is 51.8 Å². The lowest BCUT2D eigenvalue weighted by Gasteiger charge is -2.40. The van der Waals surface area contributed by atoms with Gasteiger partial charge in [-0.05, 0) is 60.2 Å². The average molecular weight is 538 g/mol. The Bertz CT molecular complexity index is 1380. The monoisotopic (exact) mass is 536 g/mol. The molecule has 2 heterocycles. The Morgan fingerprint density at radius 2 is 1.85 bits per heavy atom. The molecule has 170 valence electrons. The highest BCUT2D eigenvalue weighted by Crippen LogP contribution is 2.53. The number of aromatic nitrogens is 1. The summed E-state index contributed by atoms with van der Waals surface area (Å²) >= 11 is 10.4. The third-order valence-corrected chi connectivity index (χ3v) is 7.10. The molecule has 4 nitrogen and oxygen atoms in total. The lowest BCUT2D eigenvalue weighted by molar-refractivity contribution is 0.0652. The van der Waals surface area contributed by atoms with Gasteiger partial charge in [-0.2, -0.15) is 0 Å². The van der Waals surface area contributed by atoms with Crippen LogP contribution in [-0.4, -0.2) is 22.9 Å². The van der Waals surface area contributed by atoms with E-state index >= 15 is 0 Å². The Labute approximate surface area is 210 Å². The largest absolute Gasteiger partial charge is 0.497 e. The second kappa shape index (κ2) is 8.85. The van der Waals surface area contributed by atoms with Crippen LogP contribution >= 0.6 is 27.5 Å². The van der Waals surface area contributed by atoms with Crippen molar-refractivity contribution in [1.82, 2.24) is 9.88 Å². The van der Waals surface area contributed by atoms with Gasteiger partial charge >= 0.3 is 0 Å². The maximum atomic E-state index is 14.7. The zero-order chi connectivity index (χ0) is 23.9. The minimum atomic E-state index is -1.26. The fraction of sp³-hybridized carbons (Fsp3) is 0.111. The Hall–Kier alpha value is -3.22. The van der Waals surface area contributed by atoms with Gasteiger partial charge in [-0.15, -0.1) is 0 Å². The highest BCUT2D eigenvalue weighted by Gasteiger charge is 2.55. The molecule has 1 unspecified atom stereocenters. The van der Waals surface area contributed by atoms with Crippen LogP contribution in [0.25, 0.3) is 0 Å². The van der Waals surface area contributed by atoms with Crippen LogP contribution < -0.4 is 4.74 Å². The summed E-state index contributed by atoms with van der Waals surface area (Å²) in [5.41, 5.74) is 1.82. The maximum absolute atomic E-state index is 14.7. The number of hydrogen-bond acceptors (Lipinski definition) is 3. The van der Waals surface area contributed by atoms with Gasteiger partial charge in [-0.3, -0.25) is 9.78 Å². The van der Waals surface area contributed by atoms with E-state index in [1.54, 1.807) is 30.3 Å². The molecule has 0 aliphatic carbocycles. The summed E-state index contributed by atoms with van der Waals surface area (Å²) in [6, 6.07) is 22.7. The minimum absolute atomic E-state index is 0.196. The number of amides is 1. The molecule has 1 aromatic heterocycles. The SMILES string of the molecule is COc1ccc(CN2C(=O)c3cccc(Br)c3C2(c2ccccn2)c2cc(F)ccc2Cl)cc1. The van der Waals surface area contributed by atoms with Gasteiger partial charge < -0.3 is 9.64 Å². The molecule has 4 aromatic rings. The van der Waals surface area contributed by atoms with Crippen LogP contribution in [0.1, 0.15) is 32.7 Å². The van der Waals surface area contributed by atoms with Crippen molar-refractivity contribution in [2.45, 2.75) is 12.1 Å². The Morgan fingerprint density at radius 3 is 2.56 bits per heavy atom. The minimum Gasteiger partial charge on any atom is -0.497 e. The molecule has 0 spiro atoms. The summed E-state index contributed by atoms with van der Waals surface area (Å²) in [4.78, 5) is 20.3. The van der Waals surface area contributed by atoms with Gasteiger partial charge in [0, 0.05) is 38.9 Å². The zero-order valence-corrected chi connectivity index (χ0v) is 20.5. The number of nitrogens with zero attached hydrogens (tertiary/aromatic N) is 2. The van der Waals surface area contributed by atoms with Gasteiger partial charge in [0.1, 0.15) is 17.1 Å². The van der Waals surface area contributed by atoms with Crippen molar-refractivity contribution >= 4 is 33.4 Å². The average Bonchev–Trinajstić information content (AvgIpc) is 3.11. The Kier molecular flexibility index (Phi) is 5.88. The number of pyridine rings is 1. The highest BCUT2D eigenvalue weighted by molar-refractivity contribution is 9.10. The highest BCUT2D eigenvalue weighted by atomic mass is 79.9. The van der Waals surface area contributed by atoms with Gasteiger partial charge in [0.05, 0.1) is 12.8 Å². The predicted octanol–water partition coefficient (Wildman–Crippen LogP) is 6.59. The van der Waals surface area contributed by atoms with E-state index in [-0.39, 0.29) is 12.5 Å². The molecule has 34 heavy (non-hydrogen) atoms. The fourth-order valence-corrected chi connectivity index (χ4v) is 5.55. The molecular formula is C27H19BrClFN2O2. The van der Waals surface area contributed by atoms with E-state index in [0.717, 1.165) is 5.56 Å². The molecule has 1 aliphatic heterocycles. The summed E-state index contributed by atoms with van der Waals surface area (Å²) in [6.07, 6.45) is 1.66. The number of hydrogen-bond donors (Lipinski definition) is 0. The van der Waals surface area contributed by atoms with Crippen LogP contribution in [0.2, 0.25) is 5.02 Å². The number of carbonyl (C=O) groups is 1. The summed E-state index contributed by atoms with van der Waals surface area (Å²) in [5, 5.41) is 0.336. The van der Waals surface area contributed by atoms with E-state index in [1.165, 1.54) is 18.2 Å². The first kappa shape index (κ1) is 22.6.